The largest absolute Gasteiger partial charge is 0.465 e. The Morgan fingerprint density at radius 2 is 1.81 bits per heavy atom. The summed E-state index contributed by atoms with van der Waals surface area (Å²) in [5, 5.41) is 0.443. The molecule has 3 aromatic rings. The Morgan fingerprint density at radius 1 is 1.11 bits per heavy atom. The Labute approximate surface area is 155 Å². The average Bonchev–Trinajstić information content (AvgIpc) is 2.99. The maximum Gasteiger partial charge on any atom is 0.337 e. The van der Waals surface area contributed by atoms with E-state index >= 15 is 0 Å². The van der Waals surface area contributed by atoms with Gasteiger partial charge in [-0.2, -0.15) is 0 Å². The quantitative estimate of drug-likeness (QED) is 0.668. The number of nitrogens with zero attached hydrogens (tertiary/aromatic N) is 1. The molecule has 1 aliphatic rings. The lowest BCUT2D eigenvalue weighted by Gasteiger charge is -2.23. The van der Waals surface area contributed by atoms with Crippen LogP contribution in [0.4, 0.5) is 0 Å². The van der Waals surface area contributed by atoms with Crippen molar-refractivity contribution in [1.29, 1.82) is 0 Å². The van der Waals surface area contributed by atoms with Crippen LogP contribution in [0.25, 0.3) is 11.0 Å². The summed E-state index contributed by atoms with van der Waals surface area (Å²) >= 11 is 0. The number of para-hydroxylation sites is 1. The van der Waals surface area contributed by atoms with Gasteiger partial charge in [0, 0.05) is 6.54 Å². The Bertz CT molecular complexity index is 1110. The van der Waals surface area contributed by atoms with Gasteiger partial charge in [-0.1, -0.05) is 24.3 Å². The van der Waals surface area contributed by atoms with E-state index in [-0.39, 0.29) is 17.1 Å². The number of carbonyl (C=O) groups excluding carboxylic acids is 2. The second-order valence-electron chi connectivity index (χ2n) is 6.28. The molecule has 0 saturated heterocycles. The molecule has 1 aromatic heterocycles. The predicted molar refractivity (Wildman–Crippen MR) is 98.8 cm³/mol. The molecule has 0 saturated carbocycles. The van der Waals surface area contributed by atoms with Crippen LogP contribution in [0, 0.1) is 0 Å². The smallest absolute Gasteiger partial charge is 0.337 e. The highest BCUT2D eigenvalue weighted by atomic mass is 16.5. The Morgan fingerprint density at radius 3 is 2.48 bits per heavy atom. The molecule has 0 aliphatic carbocycles. The molecule has 27 heavy (non-hydrogen) atoms. The number of esters is 1. The molecular weight excluding hydrogens is 346 g/mol. The van der Waals surface area contributed by atoms with Crippen molar-refractivity contribution in [1.82, 2.24) is 4.90 Å². The van der Waals surface area contributed by atoms with Crippen molar-refractivity contribution in [2.75, 3.05) is 13.7 Å². The highest BCUT2D eigenvalue weighted by molar-refractivity contribution is 5.99. The Kier molecular flexibility index (Phi) is 4.03. The molecule has 0 N–H and O–H groups in total. The first-order valence-corrected chi connectivity index (χ1v) is 8.61. The lowest BCUT2D eigenvalue weighted by Crippen LogP contribution is -2.29. The van der Waals surface area contributed by atoms with Gasteiger partial charge in [0.25, 0.3) is 5.91 Å². The third kappa shape index (κ3) is 2.52. The van der Waals surface area contributed by atoms with E-state index in [0.29, 0.717) is 28.6 Å². The predicted octanol–water partition coefficient (Wildman–Crippen LogP) is 3.14. The number of hydrogen-bond donors (Lipinski definition) is 0. The molecule has 0 bridgehead atoms. The van der Waals surface area contributed by atoms with Gasteiger partial charge in [0.15, 0.2) is 5.43 Å². The zero-order chi connectivity index (χ0) is 19.1. The van der Waals surface area contributed by atoms with Crippen LogP contribution in [-0.2, 0) is 4.74 Å². The van der Waals surface area contributed by atoms with E-state index < -0.39 is 12.0 Å². The Hall–Kier alpha value is -3.41. The molecule has 1 atom stereocenters. The molecule has 0 fully saturated rings. The summed E-state index contributed by atoms with van der Waals surface area (Å²) < 4.78 is 10.5. The number of benzene rings is 2. The van der Waals surface area contributed by atoms with Gasteiger partial charge in [0.2, 0.25) is 5.76 Å². The van der Waals surface area contributed by atoms with E-state index in [1.54, 1.807) is 53.4 Å². The average molecular weight is 363 g/mol. The van der Waals surface area contributed by atoms with Crippen molar-refractivity contribution in [3.8, 4) is 0 Å². The molecule has 136 valence electrons. The minimum atomic E-state index is -0.551. The number of carbonyl (C=O) groups is 2. The van der Waals surface area contributed by atoms with Crippen molar-refractivity contribution in [2.45, 2.75) is 13.0 Å². The first-order chi connectivity index (χ1) is 13.1. The number of fused-ring (bicyclic) bond motifs is 2. The van der Waals surface area contributed by atoms with Crippen molar-refractivity contribution in [3.05, 3.63) is 81.2 Å². The van der Waals surface area contributed by atoms with Gasteiger partial charge in [-0.15, -0.1) is 0 Å². The summed E-state index contributed by atoms with van der Waals surface area (Å²) in [6, 6.07) is 13.1. The van der Waals surface area contributed by atoms with Crippen molar-refractivity contribution in [2.24, 2.45) is 0 Å². The third-order valence-corrected chi connectivity index (χ3v) is 4.86. The van der Waals surface area contributed by atoms with E-state index in [9.17, 15) is 14.4 Å². The molecule has 6 nitrogen and oxygen atoms in total. The zero-order valence-electron chi connectivity index (χ0n) is 14.9. The van der Waals surface area contributed by atoms with Gasteiger partial charge in [-0.05, 0) is 36.8 Å². The van der Waals surface area contributed by atoms with Gasteiger partial charge < -0.3 is 14.1 Å². The number of amides is 1. The number of rotatable bonds is 3. The van der Waals surface area contributed by atoms with E-state index in [0.717, 1.165) is 5.56 Å². The van der Waals surface area contributed by atoms with Crippen LogP contribution in [-0.4, -0.2) is 30.4 Å². The second kappa shape index (κ2) is 6.39. The molecule has 1 aliphatic heterocycles. The lowest BCUT2D eigenvalue weighted by atomic mass is 9.97. The fraction of sp³-hybridized carbons (Fsp3) is 0.190. The molecule has 0 spiro atoms. The number of methoxy groups -OCH3 is 1. The monoisotopic (exact) mass is 363 g/mol. The standard InChI is InChI=1S/C21H17NO5/c1-3-22-17(12-8-10-13(11-9-12)21(25)26-2)16-18(23)14-6-4-5-7-15(14)27-19(16)20(22)24/h4-11,17H,3H2,1-2H3. The molecular formula is C21H17NO5. The summed E-state index contributed by atoms with van der Waals surface area (Å²) in [5.74, 6) is -0.665. The lowest BCUT2D eigenvalue weighted by molar-refractivity contribution is 0.0600. The van der Waals surface area contributed by atoms with E-state index in [4.69, 9.17) is 9.15 Å². The number of ether oxygens (including phenoxy) is 1. The summed E-state index contributed by atoms with van der Waals surface area (Å²) in [7, 11) is 1.32. The van der Waals surface area contributed by atoms with Gasteiger partial charge in [0.05, 0.1) is 29.7 Å². The van der Waals surface area contributed by atoms with E-state index in [1.807, 2.05) is 6.92 Å². The van der Waals surface area contributed by atoms with E-state index in [2.05, 4.69) is 0 Å². The van der Waals surface area contributed by atoms with Crippen LogP contribution in [0.5, 0.6) is 0 Å². The van der Waals surface area contributed by atoms with Gasteiger partial charge in [-0.3, -0.25) is 9.59 Å². The zero-order valence-corrected chi connectivity index (χ0v) is 14.9. The first-order valence-electron chi connectivity index (χ1n) is 8.61. The minimum absolute atomic E-state index is 0.0857. The van der Waals surface area contributed by atoms with Crippen molar-refractivity contribution < 1.29 is 18.7 Å². The van der Waals surface area contributed by atoms with Crippen LogP contribution in [0.2, 0.25) is 0 Å². The van der Waals surface area contributed by atoms with E-state index in [1.165, 1.54) is 7.11 Å². The highest BCUT2D eigenvalue weighted by Gasteiger charge is 2.41. The van der Waals surface area contributed by atoms with Crippen molar-refractivity contribution in [3.63, 3.8) is 0 Å². The van der Waals surface area contributed by atoms with Crippen LogP contribution < -0.4 is 5.43 Å². The third-order valence-electron chi connectivity index (χ3n) is 4.86. The summed E-state index contributed by atoms with van der Waals surface area (Å²) in [6.45, 7) is 2.27. The summed E-state index contributed by atoms with van der Waals surface area (Å²) in [6.07, 6.45) is 0. The molecule has 2 heterocycles. The van der Waals surface area contributed by atoms with Crippen molar-refractivity contribution >= 4 is 22.8 Å². The van der Waals surface area contributed by atoms with Crippen LogP contribution >= 0.6 is 0 Å². The first kappa shape index (κ1) is 17.0. The normalized spacial score (nSPS) is 15.9. The Balaban J connectivity index is 1.91. The fourth-order valence-corrected chi connectivity index (χ4v) is 3.56. The highest BCUT2D eigenvalue weighted by Crippen LogP contribution is 2.37. The topological polar surface area (TPSA) is 76.8 Å². The van der Waals surface area contributed by atoms with Crippen LogP contribution in [0.3, 0.4) is 0 Å². The summed E-state index contributed by atoms with van der Waals surface area (Å²) in [4.78, 5) is 39.2. The maximum absolute atomic E-state index is 13.1. The molecule has 4 rings (SSSR count). The molecule has 6 heteroatoms. The minimum Gasteiger partial charge on any atom is -0.465 e. The van der Waals surface area contributed by atoms with Gasteiger partial charge in [0.1, 0.15) is 5.58 Å². The molecule has 1 unspecified atom stereocenters. The maximum atomic E-state index is 13.1. The molecule has 1 amide bonds. The molecule has 0 radical (unpaired) electrons. The summed E-state index contributed by atoms with van der Waals surface area (Å²) in [5.41, 5.74) is 1.66. The van der Waals surface area contributed by atoms with Gasteiger partial charge >= 0.3 is 5.97 Å². The SMILES string of the molecule is CCN1C(=O)c2oc3ccccc3c(=O)c2C1c1ccc(C(=O)OC)cc1. The van der Waals surface area contributed by atoms with Crippen LogP contribution in [0.15, 0.2) is 57.7 Å². The fourth-order valence-electron chi connectivity index (χ4n) is 3.56. The molecule has 2 aromatic carbocycles. The number of hydrogen-bond acceptors (Lipinski definition) is 5. The second-order valence-corrected chi connectivity index (χ2v) is 6.28. The van der Waals surface area contributed by atoms with Gasteiger partial charge in [-0.25, -0.2) is 4.79 Å². The van der Waals surface area contributed by atoms with Crippen LogP contribution in [0.1, 0.15) is 45.0 Å².